The lowest BCUT2D eigenvalue weighted by Gasteiger charge is -2.17. The smallest absolute Gasteiger partial charge is 0.0665 e. The Balaban J connectivity index is 2.28. The summed E-state index contributed by atoms with van der Waals surface area (Å²) in [4.78, 5) is 0. The van der Waals surface area contributed by atoms with Crippen molar-refractivity contribution in [3.8, 4) is 0 Å². The van der Waals surface area contributed by atoms with Crippen molar-refractivity contribution in [3.05, 3.63) is 0 Å². The average Bonchev–Trinajstić information content (AvgIpc) is 2.57. The normalized spacial score (nSPS) is 42.6. The minimum Gasteiger partial charge on any atom is -0.411 e. The Morgan fingerprint density at radius 3 is 2.57 bits per heavy atom. The van der Waals surface area contributed by atoms with Crippen LogP contribution in [0.4, 0.5) is 0 Å². The molecule has 14 heavy (non-hydrogen) atoms. The number of nitrogens with zero attached hydrogens (tertiary/aromatic N) is 2. The fourth-order valence-electron chi connectivity index (χ4n) is 3.06. The molecule has 0 aliphatic heterocycles. The molecule has 0 bridgehead atoms. The highest BCUT2D eigenvalue weighted by Crippen LogP contribution is 2.68. The molecule has 0 aromatic rings. The van der Waals surface area contributed by atoms with E-state index in [0.717, 1.165) is 12.1 Å². The van der Waals surface area contributed by atoms with E-state index in [-0.39, 0.29) is 5.92 Å². The maximum atomic E-state index is 8.84. The highest BCUT2D eigenvalue weighted by Gasteiger charge is 2.67. The average molecular weight is 196 g/mol. The first-order valence-corrected chi connectivity index (χ1v) is 4.93. The predicted octanol–water partition coefficient (Wildman–Crippen LogP) is 1.96. The summed E-state index contributed by atoms with van der Waals surface area (Å²) in [5.41, 5.74) is 1.75. The lowest BCUT2D eigenvalue weighted by atomic mass is 9.88. The third-order valence-corrected chi connectivity index (χ3v) is 4.02. The summed E-state index contributed by atoms with van der Waals surface area (Å²) >= 11 is 0. The van der Waals surface area contributed by atoms with Crippen molar-refractivity contribution in [1.29, 1.82) is 0 Å². The van der Waals surface area contributed by atoms with Gasteiger partial charge in [-0.15, -0.1) is 0 Å². The van der Waals surface area contributed by atoms with Crippen molar-refractivity contribution >= 4 is 11.4 Å². The molecule has 78 valence electrons. The Labute approximate surface area is 83.3 Å². The Bertz CT molecular complexity index is 320. The highest BCUT2D eigenvalue weighted by atomic mass is 16.4. The van der Waals surface area contributed by atoms with E-state index in [2.05, 4.69) is 24.2 Å². The maximum Gasteiger partial charge on any atom is 0.0665 e. The fraction of sp³-hybridized carbons (Fsp3) is 0.800. The van der Waals surface area contributed by atoms with Crippen molar-refractivity contribution in [2.75, 3.05) is 0 Å². The quantitative estimate of drug-likeness (QED) is 0.382. The number of hydrogen-bond acceptors (Lipinski definition) is 4. The summed E-state index contributed by atoms with van der Waals surface area (Å²) < 4.78 is 0. The van der Waals surface area contributed by atoms with Crippen molar-refractivity contribution in [2.45, 2.75) is 27.2 Å². The van der Waals surface area contributed by atoms with Crippen LogP contribution < -0.4 is 0 Å². The van der Waals surface area contributed by atoms with Crippen molar-refractivity contribution in [1.82, 2.24) is 0 Å². The standard InChI is InChI=1S/C10H16N2O2/c1-5(11-13)8-7(12-14)4-6-9(8)10(6,2)3/h6,8-9,13-14H,4H2,1-3H3/b11-5-,12-7+/t6-,8-,9-/m0/s1. The van der Waals surface area contributed by atoms with Gasteiger partial charge < -0.3 is 10.4 Å². The monoisotopic (exact) mass is 196 g/mol. The Hall–Kier alpha value is -1.06. The molecule has 0 saturated heterocycles. The second-order valence-electron chi connectivity index (χ2n) is 4.97. The minimum atomic E-state index is 0.0463. The van der Waals surface area contributed by atoms with Crippen LogP contribution >= 0.6 is 0 Å². The Kier molecular flexibility index (Phi) is 1.84. The highest BCUT2D eigenvalue weighted by molar-refractivity contribution is 6.09. The number of rotatable bonds is 1. The predicted molar refractivity (Wildman–Crippen MR) is 53.0 cm³/mol. The molecule has 2 fully saturated rings. The molecule has 0 spiro atoms. The molecule has 0 heterocycles. The first-order chi connectivity index (χ1) is 6.54. The zero-order valence-corrected chi connectivity index (χ0v) is 8.73. The van der Waals surface area contributed by atoms with Gasteiger partial charge in [-0.3, -0.25) is 0 Å². The largest absolute Gasteiger partial charge is 0.411 e. The molecule has 2 rings (SSSR count). The molecular weight excluding hydrogens is 180 g/mol. The van der Waals surface area contributed by atoms with Gasteiger partial charge in [0.1, 0.15) is 0 Å². The van der Waals surface area contributed by atoms with E-state index in [9.17, 15) is 0 Å². The van der Waals surface area contributed by atoms with Crippen molar-refractivity contribution in [3.63, 3.8) is 0 Å². The summed E-state index contributed by atoms with van der Waals surface area (Å²) in [6.45, 7) is 6.22. The summed E-state index contributed by atoms with van der Waals surface area (Å²) in [6, 6.07) is 0. The van der Waals surface area contributed by atoms with Crippen LogP contribution in [0.5, 0.6) is 0 Å². The molecule has 2 aliphatic carbocycles. The van der Waals surface area contributed by atoms with Crippen LogP contribution in [0.1, 0.15) is 27.2 Å². The van der Waals surface area contributed by atoms with Crippen LogP contribution in [0.3, 0.4) is 0 Å². The maximum absolute atomic E-state index is 8.84. The number of hydrogen-bond donors (Lipinski definition) is 2. The molecule has 0 amide bonds. The molecule has 2 N–H and O–H groups in total. The lowest BCUT2D eigenvalue weighted by Crippen LogP contribution is -2.24. The second kappa shape index (κ2) is 2.72. The van der Waals surface area contributed by atoms with Gasteiger partial charge in [0.25, 0.3) is 0 Å². The Morgan fingerprint density at radius 2 is 2.07 bits per heavy atom. The molecule has 4 nitrogen and oxygen atoms in total. The molecule has 0 aromatic carbocycles. The van der Waals surface area contributed by atoms with Crippen molar-refractivity contribution < 1.29 is 10.4 Å². The van der Waals surface area contributed by atoms with Gasteiger partial charge in [-0.05, 0) is 30.6 Å². The zero-order chi connectivity index (χ0) is 10.5. The van der Waals surface area contributed by atoms with Gasteiger partial charge in [0, 0.05) is 5.92 Å². The van der Waals surface area contributed by atoms with Gasteiger partial charge in [0.15, 0.2) is 0 Å². The summed E-state index contributed by atoms with van der Waals surface area (Å²) in [5, 5.41) is 24.2. The van der Waals surface area contributed by atoms with Gasteiger partial charge in [-0.25, -0.2) is 0 Å². The van der Waals surface area contributed by atoms with Crippen LogP contribution in [0.25, 0.3) is 0 Å². The van der Waals surface area contributed by atoms with Crippen molar-refractivity contribution in [2.24, 2.45) is 33.5 Å². The zero-order valence-electron chi connectivity index (χ0n) is 8.73. The van der Waals surface area contributed by atoms with Gasteiger partial charge >= 0.3 is 0 Å². The molecular formula is C10H16N2O2. The second-order valence-corrected chi connectivity index (χ2v) is 4.97. The van der Waals surface area contributed by atoms with Crippen LogP contribution in [-0.4, -0.2) is 21.8 Å². The van der Waals surface area contributed by atoms with Gasteiger partial charge in [0.05, 0.1) is 11.4 Å². The van der Waals surface area contributed by atoms with Gasteiger partial charge in [0.2, 0.25) is 0 Å². The molecule has 0 radical (unpaired) electrons. The first-order valence-electron chi connectivity index (χ1n) is 4.93. The van der Waals surface area contributed by atoms with Gasteiger partial charge in [-0.1, -0.05) is 24.2 Å². The molecule has 0 aromatic heterocycles. The molecule has 4 heteroatoms. The van der Waals surface area contributed by atoms with Crippen LogP contribution in [0.2, 0.25) is 0 Å². The number of oxime groups is 2. The molecule has 2 aliphatic rings. The molecule has 3 atom stereocenters. The number of fused-ring (bicyclic) bond motifs is 1. The van der Waals surface area contributed by atoms with E-state index in [4.69, 9.17) is 10.4 Å². The van der Waals surface area contributed by atoms with E-state index < -0.39 is 0 Å². The Morgan fingerprint density at radius 1 is 1.43 bits per heavy atom. The lowest BCUT2D eigenvalue weighted by molar-refractivity contribution is 0.308. The van der Waals surface area contributed by atoms with E-state index in [1.54, 1.807) is 6.92 Å². The molecule has 0 unspecified atom stereocenters. The van der Waals surface area contributed by atoms with Crippen LogP contribution in [0.15, 0.2) is 10.3 Å². The van der Waals surface area contributed by atoms with Crippen LogP contribution in [-0.2, 0) is 0 Å². The van der Waals surface area contributed by atoms with E-state index in [0.29, 0.717) is 23.0 Å². The summed E-state index contributed by atoms with van der Waals surface area (Å²) in [7, 11) is 0. The van der Waals surface area contributed by atoms with E-state index >= 15 is 0 Å². The topological polar surface area (TPSA) is 65.2 Å². The first kappa shape index (κ1) is 9.49. The van der Waals surface area contributed by atoms with Gasteiger partial charge in [-0.2, -0.15) is 0 Å². The SMILES string of the molecule is C/C(=N/O)[C@H]1/C(=N/O)C[C@H]2[C@@H]1C2(C)C. The van der Waals surface area contributed by atoms with E-state index in [1.165, 1.54) is 0 Å². The third kappa shape index (κ3) is 0.996. The third-order valence-electron chi connectivity index (χ3n) is 4.02. The van der Waals surface area contributed by atoms with Crippen LogP contribution in [0, 0.1) is 23.2 Å². The van der Waals surface area contributed by atoms with E-state index in [1.807, 2.05) is 0 Å². The molecule has 2 saturated carbocycles. The summed E-state index contributed by atoms with van der Waals surface area (Å²) in [6.07, 6.45) is 0.839. The summed E-state index contributed by atoms with van der Waals surface area (Å²) in [5.74, 6) is 1.13. The minimum absolute atomic E-state index is 0.0463. The fourth-order valence-corrected chi connectivity index (χ4v) is 3.06.